The van der Waals surface area contributed by atoms with E-state index in [1.807, 2.05) is 42.5 Å². The second-order valence-corrected chi connectivity index (χ2v) is 4.37. The lowest BCUT2D eigenvalue weighted by molar-refractivity contribution is -0.141. The maximum Gasteiger partial charge on any atom is 0.319 e. The molecule has 5 nitrogen and oxygen atoms in total. The van der Waals surface area contributed by atoms with Crippen LogP contribution in [-0.2, 0) is 16.1 Å². The van der Waals surface area contributed by atoms with Crippen molar-refractivity contribution in [1.29, 1.82) is 5.26 Å². The van der Waals surface area contributed by atoms with Crippen molar-refractivity contribution < 1.29 is 9.53 Å². The predicted octanol–water partition coefficient (Wildman–Crippen LogP) is 1.73. The first-order valence-electron chi connectivity index (χ1n) is 6.23. The molecule has 1 aromatic heterocycles. The molecule has 0 fully saturated rings. The maximum absolute atomic E-state index is 11.3. The Hall–Kier alpha value is -2.45. The molecule has 0 aliphatic carbocycles. The Balaban J connectivity index is 2.15. The van der Waals surface area contributed by atoms with E-state index >= 15 is 0 Å². The number of aromatic nitrogens is 1. The van der Waals surface area contributed by atoms with Crippen LogP contribution in [-0.4, -0.2) is 36.1 Å². The minimum Gasteiger partial charge on any atom is -0.468 e. The Morgan fingerprint density at radius 1 is 1.35 bits per heavy atom. The van der Waals surface area contributed by atoms with Gasteiger partial charge in [-0.2, -0.15) is 5.26 Å². The Labute approximate surface area is 117 Å². The van der Waals surface area contributed by atoms with Crippen LogP contribution < -0.4 is 0 Å². The lowest BCUT2D eigenvalue weighted by atomic mass is 10.2. The van der Waals surface area contributed by atoms with Crippen molar-refractivity contribution in [2.45, 2.75) is 6.54 Å². The Kier molecular flexibility index (Phi) is 4.64. The standard InChI is InChI=1S/C15H15N3O2/c1-20-15(19)11-18(9-8-16)10-13-7-6-12-4-2-3-5-14(12)17-13/h2-7H,9-11H2,1H3. The van der Waals surface area contributed by atoms with E-state index in [2.05, 4.69) is 9.72 Å². The molecule has 0 bridgehead atoms. The Bertz CT molecular complexity index is 649. The number of methoxy groups -OCH3 is 1. The third-order valence-electron chi connectivity index (χ3n) is 2.92. The fourth-order valence-corrected chi connectivity index (χ4v) is 1.94. The van der Waals surface area contributed by atoms with E-state index in [0.717, 1.165) is 16.6 Å². The zero-order valence-electron chi connectivity index (χ0n) is 11.2. The van der Waals surface area contributed by atoms with Crippen molar-refractivity contribution in [3.63, 3.8) is 0 Å². The van der Waals surface area contributed by atoms with Gasteiger partial charge in [0, 0.05) is 11.9 Å². The molecule has 1 heterocycles. The molecule has 0 saturated heterocycles. The molecule has 1 aromatic carbocycles. The summed E-state index contributed by atoms with van der Waals surface area (Å²) in [6, 6.07) is 13.8. The van der Waals surface area contributed by atoms with Gasteiger partial charge in [-0.05, 0) is 12.1 Å². The van der Waals surface area contributed by atoms with Crippen molar-refractivity contribution in [3.8, 4) is 6.07 Å². The van der Waals surface area contributed by atoms with Gasteiger partial charge < -0.3 is 4.74 Å². The molecule has 0 amide bonds. The van der Waals surface area contributed by atoms with Gasteiger partial charge in [-0.1, -0.05) is 24.3 Å². The molecule has 0 spiro atoms. The van der Waals surface area contributed by atoms with Crippen LogP contribution in [0.3, 0.4) is 0 Å². The number of fused-ring (bicyclic) bond motifs is 1. The number of ether oxygens (including phenoxy) is 1. The monoisotopic (exact) mass is 269 g/mol. The number of nitrogens with zero attached hydrogens (tertiary/aromatic N) is 3. The largest absolute Gasteiger partial charge is 0.468 e. The van der Waals surface area contributed by atoms with Gasteiger partial charge in [-0.3, -0.25) is 14.7 Å². The van der Waals surface area contributed by atoms with Crippen LogP contribution in [0.1, 0.15) is 5.69 Å². The second kappa shape index (κ2) is 6.64. The highest BCUT2D eigenvalue weighted by molar-refractivity contribution is 5.78. The number of hydrogen-bond acceptors (Lipinski definition) is 5. The number of carbonyl (C=O) groups excluding carboxylic acids is 1. The van der Waals surface area contributed by atoms with Gasteiger partial charge in [0.15, 0.2) is 0 Å². The number of nitriles is 1. The van der Waals surface area contributed by atoms with Crippen LogP contribution in [0.15, 0.2) is 36.4 Å². The lowest BCUT2D eigenvalue weighted by Crippen LogP contribution is -2.30. The predicted molar refractivity (Wildman–Crippen MR) is 74.6 cm³/mol. The SMILES string of the molecule is COC(=O)CN(CC#N)Cc1ccc2ccccc2n1. The first-order valence-corrected chi connectivity index (χ1v) is 6.23. The van der Waals surface area contributed by atoms with E-state index in [1.165, 1.54) is 7.11 Å². The zero-order chi connectivity index (χ0) is 14.4. The first-order chi connectivity index (χ1) is 9.72. The van der Waals surface area contributed by atoms with E-state index in [9.17, 15) is 4.79 Å². The number of esters is 1. The summed E-state index contributed by atoms with van der Waals surface area (Å²) in [6.45, 7) is 0.676. The normalized spacial score (nSPS) is 10.4. The van der Waals surface area contributed by atoms with Crippen molar-refractivity contribution in [2.75, 3.05) is 20.2 Å². The molecule has 0 saturated carbocycles. The molecule has 102 valence electrons. The number of para-hydroxylation sites is 1. The number of hydrogen-bond donors (Lipinski definition) is 0. The second-order valence-electron chi connectivity index (χ2n) is 4.37. The smallest absolute Gasteiger partial charge is 0.319 e. The quantitative estimate of drug-likeness (QED) is 0.611. The van der Waals surface area contributed by atoms with Crippen molar-refractivity contribution in [2.24, 2.45) is 0 Å². The summed E-state index contributed by atoms with van der Waals surface area (Å²) in [5.41, 5.74) is 1.72. The van der Waals surface area contributed by atoms with Gasteiger partial charge in [-0.15, -0.1) is 0 Å². The minimum absolute atomic E-state index is 0.0819. The van der Waals surface area contributed by atoms with Crippen molar-refractivity contribution in [3.05, 3.63) is 42.1 Å². The van der Waals surface area contributed by atoms with Gasteiger partial charge >= 0.3 is 5.97 Å². The first kappa shape index (κ1) is 14.0. The van der Waals surface area contributed by atoms with E-state index in [0.29, 0.717) is 6.54 Å². The molecule has 0 aliphatic heterocycles. The molecular formula is C15H15N3O2. The fraction of sp³-hybridized carbons (Fsp3) is 0.267. The van der Waals surface area contributed by atoms with E-state index in [-0.39, 0.29) is 19.1 Å². The van der Waals surface area contributed by atoms with Crippen LogP contribution in [0.4, 0.5) is 0 Å². The molecule has 0 unspecified atom stereocenters. The number of pyridine rings is 1. The van der Waals surface area contributed by atoms with Gasteiger partial charge in [0.1, 0.15) is 0 Å². The average molecular weight is 269 g/mol. The molecule has 20 heavy (non-hydrogen) atoms. The van der Waals surface area contributed by atoms with Gasteiger partial charge in [0.25, 0.3) is 0 Å². The van der Waals surface area contributed by atoms with Crippen molar-refractivity contribution in [1.82, 2.24) is 9.88 Å². The molecule has 0 aliphatic rings. The molecule has 0 radical (unpaired) electrons. The minimum atomic E-state index is -0.360. The van der Waals surface area contributed by atoms with E-state index < -0.39 is 0 Å². The van der Waals surface area contributed by atoms with Crippen LogP contribution in [0.2, 0.25) is 0 Å². The fourth-order valence-electron chi connectivity index (χ4n) is 1.94. The number of benzene rings is 1. The molecular weight excluding hydrogens is 254 g/mol. The highest BCUT2D eigenvalue weighted by Gasteiger charge is 2.12. The van der Waals surface area contributed by atoms with Crippen LogP contribution in [0.5, 0.6) is 0 Å². The third-order valence-corrected chi connectivity index (χ3v) is 2.92. The van der Waals surface area contributed by atoms with Gasteiger partial charge in [0.2, 0.25) is 0 Å². The van der Waals surface area contributed by atoms with Crippen molar-refractivity contribution >= 4 is 16.9 Å². The lowest BCUT2D eigenvalue weighted by Gasteiger charge is -2.17. The summed E-state index contributed by atoms with van der Waals surface area (Å²) < 4.78 is 4.62. The summed E-state index contributed by atoms with van der Waals surface area (Å²) >= 11 is 0. The molecule has 0 N–H and O–H groups in total. The summed E-state index contributed by atoms with van der Waals surface area (Å²) in [6.07, 6.45) is 0. The molecule has 5 heteroatoms. The topological polar surface area (TPSA) is 66.2 Å². The Morgan fingerprint density at radius 3 is 2.90 bits per heavy atom. The van der Waals surface area contributed by atoms with Crippen LogP contribution >= 0.6 is 0 Å². The highest BCUT2D eigenvalue weighted by atomic mass is 16.5. The summed E-state index contributed by atoms with van der Waals surface area (Å²) in [7, 11) is 1.33. The van der Waals surface area contributed by atoms with Gasteiger partial charge in [-0.25, -0.2) is 0 Å². The number of rotatable bonds is 5. The Morgan fingerprint density at radius 2 is 2.15 bits per heavy atom. The van der Waals surface area contributed by atoms with E-state index in [1.54, 1.807) is 4.90 Å². The summed E-state index contributed by atoms with van der Waals surface area (Å²) in [5, 5.41) is 9.87. The molecule has 0 atom stereocenters. The average Bonchev–Trinajstić information content (AvgIpc) is 2.47. The van der Waals surface area contributed by atoms with Crippen LogP contribution in [0.25, 0.3) is 10.9 Å². The van der Waals surface area contributed by atoms with Crippen LogP contribution in [0, 0.1) is 11.3 Å². The summed E-state index contributed by atoms with van der Waals surface area (Å²) in [4.78, 5) is 17.5. The molecule has 2 aromatic rings. The number of carbonyl (C=O) groups is 1. The summed E-state index contributed by atoms with van der Waals surface area (Å²) in [5.74, 6) is -0.360. The highest BCUT2D eigenvalue weighted by Crippen LogP contribution is 2.13. The third kappa shape index (κ3) is 3.53. The van der Waals surface area contributed by atoms with E-state index in [4.69, 9.17) is 5.26 Å². The molecule has 2 rings (SSSR count). The zero-order valence-corrected chi connectivity index (χ0v) is 11.2. The van der Waals surface area contributed by atoms with Gasteiger partial charge in [0.05, 0.1) is 37.5 Å². The maximum atomic E-state index is 11.3.